The topological polar surface area (TPSA) is 98.4 Å². The number of hydrogen-bond donors (Lipinski definition) is 1. The van der Waals surface area contributed by atoms with Gasteiger partial charge in [-0.15, -0.1) is 5.10 Å². The van der Waals surface area contributed by atoms with Crippen LogP contribution in [0.1, 0.15) is 38.1 Å². The number of carbonyl (C=O) groups excluding carboxylic acids is 2. The van der Waals surface area contributed by atoms with E-state index >= 15 is 0 Å². The van der Waals surface area contributed by atoms with Crippen LogP contribution in [-0.4, -0.2) is 35.8 Å². The first kappa shape index (κ1) is 19.8. The Hall–Kier alpha value is -2.94. The van der Waals surface area contributed by atoms with Crippen LogP contribution >= 0.6 is 11.8 Å². The van der Waals surface area contributed by atoms with Crippen molar-refractivity contribution >= 4 is 34.8 Å². The Labute approximate surface area is 165 Å². The van der Waals surface area contributed by atoms with Gasteiger partial charge in [0, 0.05) is 16.0 Å². The van der Waals surface area contributed by atoms with E-state index in [-0.39, 0.29) is 17.1 Å². The van der Waals surface area contributed by atoms with Gasteiger partial charge in [0.05, 0.1) is 0 Å². The summed E-state index contributed by atoms with van der Waals surface area (Å²) in [6.45, 7) is 7.37. The number of fused-ring (bicyclic) bond motifs is 1. The number of Topliss-reactive ketones (excluding diaryl/α,β-unsaturated/α-hetero) is 1. The van der Waals surface area contributed by atoms with Crippen molar-refractivity contribution in [2.75, 3.05) is 5.32 Å². The summed E-state index contributed by atoms with van der Waals surface area (Å²) in [6.07, 6.45) is 0. The second-order valence-electron chi connectivity index (χ2n) is 7.28. The Morgan fingerprint density at radius 2 is 1.89 bits per heavy atom. The fourth-order valence-corrected chi connectivity index (χ4v) is 3.40. The van der Waals surface area contributed by atoms with Crippen molar-refractivity contribution < 1.29 is 9.59 Å². The molecule has 0 unspecified atom stereocenters. The molecule has 1 amide bonds. The number of benzene rings is 1. The van der Waals surface area contributed by atoms with Crippen LogP contribution in [0.4, 0.5) is 5.69 Å². The smallest absolute Gasteiger partial charge is 0.324 e. The summed E-state index contributed by atoms with van der Waals surface area (Å²) in [5, 5.41) is 11.9. The molecule has 1 N–H and O–H groups in total. The van der Waals surface area contributed by atoms with E-state index in [2.05, 4.69) is 36.3 Å². The maximum absolute atomic E-state index is 12.5. The molecule has 0 bridgehead atoms. The van der Waals surface area contributed by atoms with Crippen LogP contribution in [0, 0.1) is 0 Å². The fraction of sp³-hybridized carbons (Fsp3) is 0.316. The summed E-state index contributed by atoms with van der Waals surface area (Å²) in [5.74, 6) is -0.516. The highest BCUT2D eigenvalue weighted by Gasteiger charge is 2.16. The largest absolute Gasteiger partial charge is 0.367 e. The number of anilines is 1. The Bertz CT molecular complexity index is 1110. The number of amides is 1. The molecule has 2 aromatic heterocycles. The highest BCUT2D eigenvalue weighted by Crippen LogP contribution is 2.29. The number of nitrogens with one attached hydrogen (secondary N) is 1. The maximum atomic E-state index is 12.5. The van der Waals surface area contributed by atoms with Crippen LogP contribution < -0.4 is 11.0 Å². The van der Waals surface area contributed by atoms with Crippen molar-refractivity contribution in [3.63, 3.8) is 0 Å². The van der Waals surface area contributed by atoms with Gasteiger partial charge in [-0.25, -0.2) is 9.48 Å². The van der Waals surface area contributed by atoms with E-state index in [0.29, 0.717) is 21.9 Å². The molecule has 8 nitrogen and oxygen atoms in total. The highest BCUT2D eigenvalue weighted by molar-refractivity contribution is 8.00. The normalized spacial score (nSPS) is 11.6. The molecule has 0 spiro atoms. The number of thioether (sulfide) groups is 1. The number of nitrogens with zero attached hydrogens (tertiary/aromatic N) is 4. The minimum Gasteiger partial charge on any atom is -0.324 e. The zero-order valence-corrected chi connectivity index (χ0v) is 16.9. The van der Waals surface area contributed by atoms with Gasteiger partial charge in [-0.3, -0.25) is 9.59 Å². The van der Waals surface area contributed by atoms with E-state index < -0.39 is 11.6 Å². The molecule has 3 aromatic rings. The van der Waals surface area contributed by atoms with Gasteiger partial charge < -0.3 is 5.32 Å². The second kappa shape index (κ2) is 7.59. The van der Waals surface area contributed by atoms with Gasteiger partial charge in [0.15, 0.2) is 11.4 Å². The molecule has 0 aliphatic rings. The first-order valence-electron chi connectivity index (χ1n) is 8.69. The van der Waals surface area contributed by atoms with E-state index in [0.717, 1.165) is 4.68 Å². The standard InChI is InChI=1S/C19H21N5O3S/c1-12(25)13-6-5-7-14(10-13)20-16(26)11-23-18(27)24-15(21-23)8-9-17(22-24)28-19(2,3)4/h5-10H,11H2,1-4H3,(H,20,26). The molecule has 0 saturated heterocycles. The van der Waals surface area contributed by atoms with E-state index in [1.807, 2.05) is 0 Å². The summed E-state index contributed by atoms with van der Waals surface area (Å²) >= 11 is 1.54. The van der Waals surface area contributed by atoms with Crippen molar-refractivity contribution in [2.24, 2.45) is 0 Å². The Morgan fingerprint density at radius 3 is 2.57 bits per heavy atom. The van der Waals surface area contributed by atoms with Crippen LogP contribution in [-0.2, 0) is 11.3 Å². The number of ketones is 1. The van der Waals surface area contributed by atoms with Crippen LogP contribution in [0.25, 0.3) is 5.65 Å². The molecule has 0 atom stereocenters. The van der Waals surface area contributed by atoms with Crippen molar-refractivity contribution in [1.29, 1.82) is 0 Å². The van der Waals surface area contributed by atoms with Gasteiger partial charge in [-0.2, -0.15) is 9.61 Å². The van der Waals surface area contributed by atoms with Crippen molar-refractivity contribution in [2.45, 2.75) is 44.0 Å². The number of carbonyl (C=O) groups is 2. The molecule has 0 saturated carbocycles. The molecule has 146 valence electrons. The molecule has 0 aliphatic heterocycles. The Morgan fingerprint density at radius 1 is 1.14 bits per heavy atom. The number of hydrogen-bond acceptors (Lipinski definition) is 6. The van der Waals surface area contributed by atoms with Gasteiger partial charge in [0.1, 0.15) is 11.6 Å². The lowest BCUT2D eigenvalue weighted by Crippen LogP contribution is -2.29. The third-order valence-electron chi connectivity index (χ3n) is 3.67. The molecule has 0 aliphatic carbocycles. The lowest BCUT2D eigenvalue weighted by Gasteiger charge is -2.16. The van der Waals surface area contributed by atoms with Crippen molar-refractivity contribution in [3.8, 4) is 0 Å². The monoisotopic (exact) mass is 399 g/mol. The van der Waals surface area contributed by atoms with Crippen molar-refractivity contribution in [1.82, 2.24) is 19.4 Å². The van der Waals surface area contributed by atoms with E-state index in [1.54, 1.807) is 36.4 Å². The van der Waals surface area contributed by atoms with Gasteiger partial charge in [0.25, 0.3) is 0 Å². The Balaban J connectivity index is 1.79. The molecule has 2 heterocycles. The first-order valence-corrected chi connectivity index (χ1v) is 9.51. The molecule has 28 heavy (non-hydrogen) atoms. The molecule has 3 rings (SSSR count). The van der Waals surface area contributed by atoms with Gasteiger partial charge in [-0.05, 0) is 31.2 Å². The lowest BCUT2D eigenvalue weighted by atomic mass is 10.1. The van der Waals surface area contributed by atoms with Gasteiger partial charge >= 0.3 is 5.69 Å². The molecular weight excluding hydrogens is 378 g/mol. The highest BCUT2D eigenvalue weighted by atomic mass is 32.2. The minimum absolute atomic E-state index is 0.0471. The summed E-state index contributed by atoms with van der Waals surface area (Å²) in [5.41, 5.74) is 0.862. The van der Waals surface area contributed by atoms with Gasteiger partial charge in [0.2, 0.25) is 5.91 Å². The average molecular weight is 399 g/mol. The third-order valence-corrected chi connectivity index (χ3v) is 4.71. The van der Waals surface area contributed by atoms with Crippen LogP contribution in [0.15, 0.2) is 46.2 Å². The molecular formula is C19H21N5O3S. The Kier molecular flexibility index (Phi) is 5.37. The SMILES string of the molecule is CC(=O)c1cccc(NC(=O)Cn2nc3ccc(SC(C)(C)C)nn3c2=O)c1. The average Bonchev–Trinajstić information content (AvgIpc) is 2.89. The second-order valence-corrected chi connectivity index (χ2v) is 9.13. The number of aromatic nitrogens is 4. The van der Waals surface area contributed by atoms with Crippen LogP contribution in [0.2, 0.25) is 0 Å². The summed E-state index contributed by atoms with van der Waals surface area (Å²) in [6, 6.07) is 10.1. The van der Waals surface area contributed by atoms with E-state index in [1.165, 1.54) is 23.2 Å². The maximum Gasteiger partial charge on any atom is 0.367 e. The van der Waals surface area contributed by atoms with E-state index in [4.69, 9.17) is 0 Å². The number of rotatable bonds is 5. The molecule has 1 aromatic carbocycles. The third kappa shape index (κ3) is 4.66. The first-order chi connectivity index (χ1) is 13.1. The summed E-state index contributed by atoms with van der Waals surface area (Å²) in [7, 11) is 0. The summed E-state index contributed by atoms with van der Waals surface area (Å²) in [4.78, 5) is 36.3. The molecule has 0 radical (unpaired) electrons. The van der Waals surface area contributed by atoms with Crippen molar-refractivity contribution in [3.05, 3.63) is 52.4 Å². The predicted octanol–water partition coefficient (Wildman–Crippen LogP) is 2.62. The quantitative estimate of drug-likeness (QED) is 0.523. The predicted molar refractivity (Wildman–Crippen MR) is 108 cm³/mol. The van der Waals surface area contributed by atoms with Crippen LogP contribution in [0.5, 0.6) is 0 Å². The van der Waals surface area contributed by atoms with Crippen LogP contribution in [0.3, 0.4) is 0 Å². The lowest BCUT2D eigenvalue weighted by molar-refractivity contribution is -0.117. The molecule has 9 heteroatoms. The summed E-state index contributed by atoms with van der Waals surface area (Å²) < 4.78 is 2.21. The fourth-order valence-electron chi connectivity index (χ4n) is 2.52. The zero-order valence-electron chi connectivity index (χ0n) is 16.1. The van der Waals surface area contributed by atoms with Gasteiger partial charge in [-0.1, -0.05) is 44.7 Å². The minimum atomic E-state index is -0.487. The van der Waals surface area contributed by atoms with E-state index in [9.17, 15) is 14.4 Å². The molecule has 0 fully saturated rings. The zero-order chi connectivity index (χ0) is 20.5.